The Morgan fingerprint density at radius 3 is 2.72 bits per heavy atom. The summed E-state index contributed by atoms with van der Waals surface area (Å²) < 4.78 is 0. The van der Waals surface area contributed by atoms with Crippen molar-refractivity contribution in [3.05, 3.63) is 0 Å². The van der Waals surface area contributed by atoms with Crippen LogP contribution >= 0.6 is 0 Å². The van der Waals surface area contributed by atoms with Crippen molar-refractivity contribution in [3.8, 4) is 6.07 Å². The Morgan fingerprint density at radius 1 is 1.22 bits per heavy atom. The van der Waals surface area contributed by atoms with Gasteiger partial charge in [0.05, 0.1) is 12.0 Å². The molecule has 2 aliphatic rings. The lowest BCUT2D eigenvalue weighted by atomic mass is 9.77. The lowest BCUT2D eigenvalue weighted by Crippen LogP contribution is -2.51. The highest BCUT2D eigenvalue weighted by molar-refractivity contribution is 4.92. The van der Waals surface area contributed by atoms with E-state index in [2.05, 4.69) is 16.7 Å². The summed E-state index contributed by atoms with van der Waals surface area (Å²) in [6.07, 6.45) is 9.45. The normalized spacial score (nSPS) is 34.8. The number of nitrogens with one attached hydrogen (secondary N) is 2. The maximum atomic E-state index is 8.88. The summed E-state index contributed by atoms with van der Waals surface area (Å²) in [5.41, 5.74) is 0. The Hall–Kier alpha value is -0.590. The number of rotatable bonds is 4. The molecule has 2 rings (SSSR count). The number of piperidine rings is 1. The molecule has 18 heavy (non-hydrogen) atoms. The summed E-state index contributed by atoms with van der Waals surface area (Å²) in [6.45, 7) is 4.05. The lowest BCUT2D eigenvalue weighted by Gasteiger charge is -2.40. The van der Waals surface area contributed by atoms with Gasteiger partial charge in [0, 0.05) is 18.6 Å². The SMILES string of the molecule is CC(C#N)CNC1CCCCC1C1CCCCN1. The maximum Gasteiger partial charge on any atom is 0.0666 e. The van der Waals surface area contributed by atoms with Crippen molar-refractivity contribution in [2.45, 2.75) is 64.0 Å². The predicted octanol–water partition coefficient (Wildman–Crippen LogP) is 2.44. The predicted molar refractivity (Wildman–Crippen MR) is 74.2 cm³/mol. The molecule has 4 unspecified atom stereocenters. The first-order chi connectivity index (χ1) is 8.81. The molecule has 0 radical (unpaired) electrons. The zero-order valence-electron chi connectivity index (χ0n) is 11.6. The average molecular weight is 249 g/mol. The average Bonchev–Trinajstić information content (AvgIpc) is 2.46. The fourth-order valence-electron chi connectivity index (χ4n) is 3.51. The van der Waals surface area contributed by atoms with E-state index in [1.54, 1.807) is 0 Å². The van der Waals surface area contributed by atoms with Crippen molar-refractivity contribution in [1.29, 1.82) is 5.26 Å². The van der Waals surface area contributed by atoms with E-state index in [9.17, 15) is 0 Å². The monoisotopic (exact) mass is 249 g/mol. The minimum Gasteiger partial charge on any atom is -0.314 e. The molecule has 1 aliphatic carbocycles. The van der Waals surface area contributed by atoms with E-state index in [1.807, 2.05) is 6.92 Å². The van der Waals surface area contributed by atoms with E-state index >= 15 is 0 Å². The molecule has 0 amide bonds. The molecule has 3 nitrogen and oxygen atoms in total. The summed E-state index contributed by atoms with van der Waals surface area (Å²) in [5, 5.41) is 16.2. The van der Waals surface area contributed by atoms with Gasteiger partial charge < -0.3 is 10.6 Å². The number of hydrogen-bond donors (Lipinski definition) is 2. The van der Waals surface area contributed by atoms with Crippen molar-refractivity contribution in [3.63, 3.8) is 0 Å². The largest absolute Gasteiger partial charge is 0.314 e. The Labute approximate surface area is 111 Å². The van der Waals surface area contributed by atoms with E-state index in [-0.39, 0.29) is 5.92 Å². The first kappa shape index (κ1) is 13.8. The highest BCUT2D eigenvalue weighted by Crippen LogP contribution is 2.30. The highest BCUT2D eigenvalue weighted by Gasteiger charge is 2.32. The topological polar surface area (TPSA) is 47.9 Å². The zero-order chi connectivity index (χ0) is 12.8. The van der Waals surface area contributed by atoms with Crippen LogP contribution in [0, 0.1) is 23.2 Å². The third-order valence-electron chi connectivity index (χ3n) is 4.59. The van der Waals surface area contributed by atoms with Gasteiger partial charge in [-0.25, -0.2) is 0 Å². The molecule has 3 heteroatoms. The van der Waals surface area contributed by atoms with Gasteiger partial charge in [0.1, 0.15) is 0 Å². The molecule has 0 spiro atoms. The Kier molecular flexibility index (Phi) is 5.46. The number of hydrogen-bond acceptors (Lipinski definition) is 3. The molecule has 0 bridgehead atoms. The summed E-state index contributed by atoms with van der Waals surface area (Å²) in [4.78, 5) is 0. The first-order valence-corrected chi connectivity index (χ1v) is 7.67. The van der Waals surface area contributed by atoms with E-state index in [0.717, 1.165) is 12.5 Å². The van der Waals surface area contributed by atoms with Crippen LogP contribution in [0.25, 0.3) is 0 Å². The Morgan fingerprint density at radius 2 is 2.00 bits per heavy atom. The van der Waals surface area contributed by atoms with Gasteiger partial charge in [-0.2, -0.15) is 5.26 Å². The molecule has 102 valence electrons. The molecular formula is C15H27N3. The molecular weight excluding hydrogens is 222 g/mol. The van der Waals surface area contributed by atoms with Gasteiger partial charge in [-0.1, -0.05) is 19.3 Å². The van der Waals surface area contributed by atoms with Crippen LogP contribution in [-0.2, 0) is 0 Å². The van der Waals surface area contributed by atoms with Crippen LogP contribution in [0.2, 0.25) is 0 Å². The molecule has 1 aliphatic heterocycles. The molecule has 2 fully saturated rings. The van der Waals surface area contributed by atoms with Gasteiger partial charge in [0.15, 0.2) is 0 Å². The second-order valence-corrected chi connectivity index (χ2v) is 6.05. The molecule has 1 saturated heterocycles. The molecule has 0 aromatic carbocycles. The maximum absolute atomic E-state index is 8.88. The van der Waals surface area contributed by atoms with Crippen molar-refractivity contribution in [2.24, 2.45) is 11.8 Å². The third-order valence-corrected chi connectivity index (χ3v) is 4.59. The van der Waals surface area contributed by atoms with Crippen molar-refractivity contribution in [2.75, 3.05) is 13.1 Å². The highest BCUT2D eigenvalue weighted by atomic mass is 15.0. The fraction of sp³-hybridized carbons (Fsp3) is 0.933. The van der Waals surface area contributed by atoms with E-state index in [0.29, 0.717) is 12.1 Å². The van der Waals surface area contributed by atoms with Crippen molar-refractivity contribution < 1.29 is 0 Å². The minimum atomic E-state index is 0.131. The van der Waals surface area contributed by atoms with Gasteiger partial charge in [-0.3, -0.25) is 0 Å². The first-order valence-electron chi connectivity index (χ1n) is 7.67. The smallest absolute Gasteiger partial charge is 0.0666 e. The van der Waals surface area contributed by atoms with Crippen LogP contribution in [0.5, 0.6) is 0 Å². The van der Waals surface area contributed by atoms with Crippen LogP contribution < -0.4 is 10.6 Å². The van der Waals surface area contributed by atoms with Gasteiger partial charge in [-0.05, 0) is 45.1 Å². The van der Waals surface area contributed by atoms with E-state index in [1.165, 1.54) is 51.5 Å². The van der Waals surface area contributed by atoms with E-state index in [4.69, 9.17) is 5.26 Å². The quantitative estimate of drug-likeness (QED) is 0.804. The second-order valence-electron chi connectivity index (χ2n) is 6.05. The Bertz CT molecular complexity index is 278. The Balaban J connectivity index is 1.86. The van der Waals surface area contributed by atoms with Crippen molar-refractivity contribution >= 4 is 0 Å². The molecule has 0 aromatic rings. The summed E-state index contributed by atoms with van der Waals surface area (Å²) >= 11 is 0. The van der Waals surface area contributed by atoms with Gasteiger partial charge >= 0.3 is 0 Å². The van der Waals surface area contributed by atoms with Crippen molar-refractivity contribution in [1.82, 2.24) is 10.6 Å². The van der Waals surface area contributed by atoms with Gasteiger partial charge in [0.2, 0.25) is 0 Å². The van der Waals surface area contributed by atoms with Crippen LogP contribution in [-0.4, -0.2) is 25.2 Å². The zero-order valence-corrected chi connectivity index (χ0v) is 11.6. The molecule has 4 atom stereocenters. The second kappa shape index (κ2) is 7.11. The van der Waals surface area contributed by atoms with Crippen LogP contribution in [0.3, 0.4) is 0 Å². The molecule has 1 heterocycles. The van der Waals surface area contributed by atoms with E-state index < -0.39 is 0 Å². The van der Waals surface area contributed by atoms with Crippen LogP contribution in [0.4, 0.5) is 0 Å². The van der Waals surface area contributed by atoms with Gasteiger partial charge in [0.25, 0.3) is 0 Å². The summed E-state index contributed by atoms with van der Waals surface area (Å²) in [5.74, 6) is 0.914. The standard InChI is InChI=1S/C15H27N3/c1-12(10-16)11-18-15-7-3-2-6-13(15)14-8-4-5-9-17-14/h12-15,17-18H,2-9,11H2,1H3. The fourth-order valence-corrected chi connectivity index (χ4v) is 3.51. The lowest BCUT2D eigenvalue weighted by molar-refractivity contribution is 0.180. The third kappa shape index (κ3) is 3.70. The summed E-state index contributed by atoms with van der Waals surface area (Å²) in [7, 11) is 0. The number of nitriles is 1. The van der Waals surface area contributed by atoms with Crippen LogP contribution in [0.15, 0.2) is 0 Å². The molecule has 2 N–H and O–H groups in total. The minimum absolute atomic E-state index is 0.131. The number of nitrogens with zero attached hydrogens (tertiary/aromatic N) is 1. The summed E-state index contributed by atoms with van der Waals surface area (Å²) in [6, 6.07) is 3.67. The molecule has 0 aromatic heterocycles. The molecule has 1 saturated carbocycles. The van der Waals surface area contributed by atoms with Gasteiger partial charge in [-0.15, -0.1) is 0 Å². The van der Waals surface area contributed by atoms with Crippen LogP contribution in [0.1, 0.15) is 51.9 Å².